The van der Waals surface area contributed by atoms with Crippen molar-refractivity contribution in [3.05, 3.63) is 48.4 Å². The fourth-order valence-corrected chi connectivity index (χ4v) is 1.98. The third-order valence-corrected chi connectivity index (χ3v) is 3.07. The van der Waals surface area contributed by atoms with E-state index in [1.807, 2.05) is 6.92 Å². The zero-order valence-corrected chi connectivity index (χ0v) is 11.4. The molecule has 1 unspecified atom stereocenters. The number of hydrogen-bond acceptors (Lipinski definition) is 5. The van der Waals surface area contributed by atoms with Crippen LogP contribution in [0.2, 0.25) is 0 Å². The van der Waals surface area contributed by atoms with Crippen LogP contribution < -0.4 is 5.32 Å². The van der Waals surface area contributed by atoms with Gasteiger partial charge in [-0.15, -0.1) is 0 Å². The molecule has 0 spiro atoms. The number of hydrogen-bond donors (Lipinski definition) is 2. The standard InChI is InChI=1S/C14H14N4O3/c1-2-9(13-15-5-6-16-13)17-14(19)10-8-12(21-18-10)11-4-3-7-20-11/h3-9H,2H2,1H3,(H,15,16)(H,17,19). The molecule has 21 heavy (non-hydrogen) atoms. The van der Waals surface area contributed by atoms with Crippen LogP contribution in [0.3, 0.4) is 0 Å². The van der Waals surface area contributed by atoms with Gasteiger partial charge in [-0.3, -0.25) is 4.79 Å². The van der Waals surface area contributed by atoms with Crippen molar-refractivity contribution in [1.82, 2.24) is 20.4 Å². The Labute approximate surface area is 120 Å². The minimum atomic E-state index is -0.320. The van der Waals surface area contributed by atoms with Crippen LogP contribution in [0.25, 0.3) is 11.5 Å². The second-order valence-electron chi connectivity index (χ2n) is 4.46. The number of H-pyrrole nitrogens is 1. The van der Waals surface area contributed by atoms with Crippen molar-refractivity contribution >= 4 is 5.91 Å². The van der Waals surface area contributed by atoms with Gasteiger partial charge in [0.05, 0.1) is 12.3 Å². The Morgan fingerprint density at radius 3 is 3.05 bits per heavy atom. The van der Waals surface area contributed by atoms with Crippen LogP contribution in [-0.4, -0.2) is 21.0 Å². The number of nitrogens with one attached hydrogen (secondary N) is 2. The molecule has 0 saturated heterocycles. The van der Waals surface area contributed by atoms with Gasteiger partial charge in [0.15, 0.2) is 11.5 Å². The van der Waals surface area contributed by atoms with Crippen molar-refractivity contribution in [3.63, 3.8) is 0 Å². The fourth-order valence-electron chi connectivity index (χ4n) is 1.98. The molecule has 1 amide bonds. The maximum atomic E-state index is 12.2. The highest BCUT2D eigenvalue weighted by atomic mass is 16.5. The lowest BCUT2D eigenvalue weighted by atomic mass is 10.2. The molecule has 0 saturated carbocycles. The molecule has 3 aromatic heterocycles. The normalized spacial score (nSPS) is 12.2. The lowest BCUT2D eigenvalue weighted by Gasteiger charge is -2.13. The third-order valence-electron chi connectivity index (χ3n) is 3.07. The summed E-state index contributed by atoms with van der Waals surface area (Å²) in [5.41, 5.74) is 0.200. The average Bonchev–Trinajstić information content (AvgIpc) is 3.26. The van der Waals surface area contributed by atoms with Crippen LogP contribution in [0.4, 0.5) is 0 Å². The van der Waals surface area contributed by atoms with Gasteiger partial charge in [0.2, 0.25) is 5.76 Å². The van der Waals surface area contributed by atoms with E-state index in [1.54, 1.807) is 30.6 Å². The summed E-state index contributed by atoms with van der Waals surface area (Å²) >= 11 is 0. The molecule has 7 nitrogen and oxygen atoms in total. The Morgan fingerprint density at radius 2 is 2.38 bits per heavy atom. The molecule has 0 aliphatic heterocycles. The highest BCUT2D eigenvalue weighted by Crippen LogP contribution is 2.21. The third kappa shape index (κ3) is 2.71. The first-order valence-corrected chi connectivity index (χ1v) is 6.58. The van der Waals surface area contributed by atoms with E-state index in [-0.39, 0.29) is 17.6 Å². The summed E-state index contributed by atoms with van der Waals surface area (Å²) in [4.78, 5) is 19.3. The van der Waals surface area contributed by atoms with Gasteiger partial charge in [-0.25, -0.2) is 4.98 Å². The van der Waals surface area contributed by atoms with Crippen LogP contribution in [0, 0.1) is 0 Å². The van der Waals surface area contributed by atoms with Crippen LogP contribution in [0.5, 0.6) is 0 Å². The van der Waals surface area contributed by atoms with Crippen LogP contribution in [0.1, 0.15) is 35.7 Å². The molecule has 3 aromatic rings. The zero-order valence-electron chi connectivity index (χ0n) is 11.4. The average molecular weight is 286 g/mol. The maximum absolute atomic E-state index is 12.2. The van der Waals surface area contributed by atoms with Gasteiger partial charge < -0.3 is 19.2 Å². The Balaban J connectivity index is 1.73. The second-order valence-corrected chi connectivity index (χ2v) is 4.46. The van der Waals surface area contributed by atoms with E-state index < -0.39 is 0 Å². The number of amides is 1. The monoisotopic (exact) mass is 286 g/mol. The lowest BCUT2D eigenvalue weighted by Crippen LogP contribution is -2.29. The molecule has 3 rings (SSSR count). The summed E-state index contributed by atoms with van der Waals surface area (Å²) in [6.45, 7) is 1.96. The largest absolute Gasteiger partial charge is 0.461 e. The van der Waals surface area contributed by atoms with Crippen LogP contribution >= 0.6 is 0 Å². The van der Waals surface area contributed by atoms with Gasteiger partial charge in [0.25, 0.3) is 5.91 Å². The number of aromatic nitrogens is 3. The van der Waals surface area contributed by atoms with Crippen molar-refractivity contribution in [1.29, 1.82) is 0 Å². The summed E-state index contributed by atoms with van der Waals surface area (Å²) in [6.07, 6.45) is 5.61. The Hall–Kier alpha value is -2.83. The smallest absolute Gasteiger partial charge is 0.274 e. The van der Waals surface area contributed by atoms with Crippen molar-refractivity contribution < 1.29 is 13.7 Å². The van der Waals surface area contributed by atoms with Gasteiger partial charge in [0, 0.05) is 18.5 Å². The van der Waals surface area contributed by atoms with Crippen molar-refractivity contribution in [2.24, 2.45) is 0 Å². The molecule has 7 heteroatoms. The number of aromatic amines is 1. The number of nitrogens with zero attached hydrogens (tertiary/aromatic N) is 2. The zero-order chi connectivity index (χ0) is 14.7. The van der Waals surface area contributed by atoms with E-state index in [4.69, 9.17) is 8.94 Å². The van der Waals surface area contributed by atoms with Crippen LogP contribution in [0.15, 0.2) is 45.8 Å². The van der Waals surface area contributed by atoms with Gasteiger partial charge in [-0.2, -0.15) is 0 Å². The first kappa shape index (κ1) is 13.2. The summed E-state index contributed by atoms with van der Waals surface area (Å²) in [5.74, 6) is 1.33. The predicted octanol–water partition coefficient (Wildman–Crippen LogP) is 2.54. The number of carbonyl (C=O) groups excluding carboxylic acids is 1. The van der Waals surface area contributed by atoms with Gasteiger partial charge in [-0.1, -0.05) is 12.1 Å². The molecule has 108 valence electrons. The molecule has 0 fully saturated rings. The molecule has 1 atom stereocenters. The predicted molar refractivity (Wildman–Crippen MR) is 73.3 cm³/mol. The molecule has 0 aromatic carbocycles. The summed E-state index contributed by atoms with van der Waals surface area (Å²) in [5, 5.41) is 6.62. The van der Waals surface area contributed by atoms with Crippen LogP contribution in [-0.2, 0) is 0 Å². The van der Waals surface area contributed by atoms with E-state index in [2.05, 4.69) is 20.4 Å². The highest BCUT2D eigenvalue weighted by Gasteiger charge is 2.19. The number of furan rings is 1. The molecular formula is C14H14N4O3. The Bertz CT molecular complexity index is 701. The summed E-state index contributed by atoms with van der Waals surface area (Å²) in [6, 6.07) is 4.82. The van der Waals surface area contributed by atoms with Gasteiger partial charge >= 0.3 is 0 Å². The molecule has 2 N–H and O–H groups in total. The molecule has 0 aliphatic carbocycles. The van der Waals surface area contributed by atoms with Crippen molar-refractivity contribution in [3.8, 4) is 11.5 Å². The molecule has 0 bridgehead atoms. The number of rotatable bonds is 5. The first-order chi connectivity index (χ1) is 10.3. The fraction of sp³-hybridized carbons (Fsp3) is 0.214. The highest BCUT2D eigenvalue weighted by molar-refractivity contribution is 5.93. The van der Waals surface area contributed by atoms with Gasteiger partial charge in [-0.05, 0) is 18.6 Å². The lowest BCUT2D eigenvalue weighted by molar-refractivity contribution is 0.0924. The quantitative estimate of drug-likeness (QED) is 0.751. The Kier molecular flexibility index (Phi) is 3.55. The van der Waals surface area contributed by atoms with Crippen molar-refractivity contribution in [2.75, 3.05) is 0 Å². The minimum absolute atomic E-state index is 0.198. The SMILES string of the molecule is CCC(NC(=O)c1cc(-c2ccco2)on1)c1ncc[nH]1. The van der Waals surface area contributed by atoms with E-state index >= 15 is 0 Å². The van der Waals surface area contributed by atoms with E-state index in [0.29, 0.717) is 23.8 Å². The number of imidazole rings is 1. The Morgan fingerprint density at radius 1 is 1.48 bits per heavy atom. The molecule has 3 heterocycles. The first-order valence-electron chi connectivity index (χ1n) is 6.58. The maximum Gasteiger partial charge on any atom is 0.274 e. The number of carbonyl (C=O) groups is 1. The summed E-state index contributed by atoms with van der Waals surface area (Å²) < 4.78 is 10.3. The molecule has 0 aliphatic rings. The van der Waals surface area contributed by atoms with E-state index in [9.17, 15) is 4.79 Å². The van der Waals surface area contributed by atoms with E-state index in [0.717, 1.165) is 0 Å². The van der Waals surface area contributed by atoms with Gasteiger partial charge in [0.1, 0.15) is 5.82 Å². The topological polar surface area (TPSA) is 97.0 Å². The molecule has 0 radical (unpaired) electrons. The van der Waals surface area contributed by atoms with E-state index in [1.165, 1.54) is 6.26 Å². The summed E-state index contributed by atoms with van der Waals surface area (Å²) in [7, 11) is 0. The minimum Gasteiger partial charge on any atom is -0.461 e. The van der Waals surface area contributed by atoms with Crippen molar-refractivity contribution in [2.45, 2.75) is 19.4 Å². The molecular weight excluding hydrogens is 272 g/mol. The second kappa shape index (κ2) is 5.66.